The van der Waals surface area contributed by atoms with E-state index in [1.807, 2.05) is 18.3 Å². The molecular weight excluding hydrogens is 286 g/mol. The number of nitrogens with zero attached hydrogens (tertiary/aromatic N) is 1. The molecule has 21 heavy (non-hydrogen) atoms. The van der Waals surface area contributed by atoms with Gasteiger partial charge in [0.05, 0.1) is 4.90 Å². The Hall–Kier alpha value is -1.66. The van der Waals surface area contributed by atoms with E-state index >= 15 is 0 Å². The molecule has 6 heteroatoms. The van der Waals surface area contributed by atoms with Crippen molar-refractivity contribution < 1.29 is 8.42 Å². The Bertz CT molecular complexity index is 649. The van der Waals surface area contributed by atoms with Gasteiger partial charge in [-0.25, -0.2) is 13.4 Å². The molecule has 0 fully saturated rings. The van der Waals surface area contributed by atoms with Crippen molar-refractivity contribution in [2.45, 2.75) is 30.7 Å². The molecule has 0 amide bonds. The fourth-order valence-electron chi connectivity index (χ4n) is 2.13. The third-order valence-electron chi connectivity index (χ3n) is 3.40. The van der Waals surface area contributed by atoms with Gasteiger partial charge >= 0.3 is 0 Å². The molecule has 1 atom stereocenters. The average Bonchev–Trinajstić information content (AvgIpc) is 2.96. The number of aromatic nitrogens is 2. The summed E-state index contributed by atoms with van der Waals surface area (Å²) in [4.78, 5) is 7.62. The molecule has 0 radical (unpaired) electrons. The van der Waals surface area contributed by atoms with Gasteiger partial charge in [0.2, 0.25) is 0 Å². The maximum absolute atomic E-state index is 11.4. The standard InChI is InChI=1S/C15H21N3O2S/c1-12(16-9-3-4-15-17-10-11-18-15)13-5-7-14(8-6-13)21(2,19)20/h5-8,10-12,16H,3-4,9H2,1-2H3,(H,17,18). The van der Waals surface area contributed by atoms with Gasteiger partial charge in [0.25, 0.3) is 0 Å². The number of benzene rings is 1. The first-order valence-corrected chi connectivity index (χ1v) is 8.87. The second-order valence-electron chi connectivity index (χ2n) is 5.16. The molecular formula is C15H21N3O2S. The number of hydrogen-bond donors (Lipinski definition) is 2. The molecule has 0 spiro atoms. The first-order valence-electron chi connectivity index (χ1n) is 6.98. The number of rotatable bonds is 7. The number of sulfone groups is 1. The third kappa shape index (κ3) is 4.68. The monoisotopic (exact) mass is 307 g/mol. The van der Waals surface area contributed by atoms with Gasteiger partial charge < -0.3 is 10.3 Å². The molecule has 0 bridgehead atoms. The summed E-state index contributed by atoms with van der Waals surface area (Å²) >= 11 is 0. The second kappa shape index (κ2) is 6.87. The smallest absolute Gasteiger partial charge is 0.175 e. The van der Waals surface area contributed by atoms with Gasteiger partial charge in [-0.2, -0.15) is 0 Å². The second-order valence-corrected chi connectivity index (χ2v) is 7.17. The van der Waals surface area contributed by atoms with E-state index in [4.69, 9.17) is 0 Å². The van der Waals surface area contributed by atoms with Crippen LogP contribution in [0.5, 0.6) is 0 Å². The van der Waals surface area contributed by atoms with E-state index in [0.717, 1.165) is 30.8 Å². The zero-order valence-corrected chi connectivity index (χ0v) is 13.2. The van der Waals surface area contributed by atoms with Gasteiger partial charge in [-0.3, -0.25) is 0 Å². The van der Waals surface area contributed by atoms with Crippen LogP contribution < -0.4 is 5.32 Å². The van der Waals surface area contributed by atoms with Crippen molar-refractivity contribution >= 4 is 9.84 Å². The zero-order valence-electron chi connectivity index (χ0n) is 12.3. The van der Waals surface area contributed by atoms with Crippen molar-refractivity contribution in [3.05, 3.63) is 48.0 Å². The number of H-pyrrole nitrogens is 1. The van der Waals surface area contributed by atoms with Crippen LogP contribution in [-0.2, 0) is 16.3 Å². The van der Waals surface area contributed by atoms with E-state index in [1.165, 1.54) is 6.26 Å². The summed E-state index contributed by atoms with van der Waals surface area (Å²) in [6.45, 7) is 2.96. The predicted molar refractivity (Wildman–Crippen MR) is 82.9 cm³/mol. The first kappa shape index (κ1) is 15.7. The molecule has 2 rings (SSSR count). The number of aryl methyl sites for hydroxylation is 1. The van der Waals surface area contributed by atoms with Crippen LogP contribution in [0.2, 0.25) is 0 Å². The van der Waals surface area contributed by atoms with Gasteiger partial charge in [0.1, 0.15) is 5.82 Å². The maximum atomic E-state index is 11.4. The van der Waals surface area contributed by atoms with Crippen LogP contribution >= 0.6 is 0 Å². The summed E-state index contributed by atoms with van der Waals surface area (Å²) in [6, 6.07) is 7.23. The summed E-state index contributed by atoms with van der Waals surface area (Å²) in [5.74, 6) is 1.00. The molecule has 0 aliphatic heterocycles. The van der Waals surface area contributed by atoms with Crippen LogP contribution in [0.3, 0.4) is 0 Å². The lowest BCUT2D eigenvalue weighted by atomic mass is 10.1. The number of nitrogens with one attached hydrogen (secondary N) is 2. The topological polar surface area (TPSA) is 74.8 Å². The lowest BCUT2D eigenvalue weighted by Crippen LogP contribution is -2.20. The average molecular weight is 307 g/mol. The van der Waals surface area contributed by atoms with Crippen molar-refractivity contribution in [3.63, 3.8) is 0 Å². The Labute approximate surface area is 125 Å². The van der Waals surface area contributed by atoms with Gasteiger partial charge in [0, 0.05) is 31.1 Å². The lowest BCUT2D eigenvalue weighted by Gasteiger charge is -2.14. The number of hydrogen-bond acceptors (Lipinski definition) is 4. The predicted octanol–water partition coefficient (Wildman–Crippen LogP) is 2.10. The van der Waals surface area contributed by atoms with Gasteiger partial charge in [-0.05, 0) is 37.6 Å². The highest BCUT2D eigenvalue weighted by Gasteiger charge is 2.09. The molecule has 0 saturated heterocycles. The van der Waals surface area contributed by atoms with Gasteiger partial charge in [-0.1, -0.05) is 12.1 Å². The SMILES string of the molecule is CC(NCCCc1ncc[nH]1)c1ccc(S(C)(=O)=O)cc1. The minimum absolute atomic E-state index is 0.190. The van der Waals surface area contributed by atoms with Crippen LogP contribution in [-0.4, -0.2) is 31.2 Å². The van der Waals surface area contributed by atoms with E-state index < -0.39 is 9.84 Å². The lowest BCUT2D eigenvalue weighted by molar-refractivity contribution is 0.554. The van der Waals surface area contributed by atoms with Crippen molar-refractivity contribution in [1.29, 1.82) is 0 Å². The van der Waals surface area contributed by atoms with E-state index in [1.54, 1.807) is 18.3 Å². The molecule has 114 valence electrons. The van der Waals surface area contributed by atoms with Gasteiger partial charge in [-0.15, -0.1) is 0 Å². The minimum Gasteiger partial charge on any atom is -0.349 e. The largest absolute Gasteiger partial charge is 0.349 e. The Morgan fingerprint density at radius 3 is 2.57 bits per heavy atom. The summed E-state index contributed by atoms with van der Waals surface area (Å²) < 4.78 is 22.8. The van der Waals surface area contributed by atoms with Crippen LogP contribution in [0.15, 0.2) is 41.6 Å². The van der Waals surface area contributed by atoms with E-state index in [-0.39, 0.29) is 6.04 Å². The molecule has 5 nitrogen and oxygen atoms in total. The van der Waals surface area contributed by atoms with Crippen molar-refractivity contribution in [2.75, 3.05) is 12.8 Å². The van der Waals surface area contributed by atoms with E-state index in [0.29, 0.717) is 4.90 Å². The molecule has 2 aromatic rings. The summed E-state index contributed by atoms with van der Waals surface area (Å²) in [6.07, 6.45) is 6.72. The van der Waals surface area contributed by atoms with Crippen molar-refractivity contribution in [3.8, 4) is 0 Å². The fraction of sp³-hybridized carbons (Fsp3) is 0.400. The molecule has 1 unspecified atom stereocenters. The Morgan fingerprint density at radius 2 is 2.00 bits per heavy atom. The van der Waals surface area contributed by atoms with Crippen molar-refractivity contribution in [2.24, 2.45) is 0 Å². The zero-order chi connectivity index (χ0) is 15.3. The highest BCUT2D eigenvalue weighted by atomic mass is 32.2. The Kier molecular flexibility index (Phi) is 5.14. The maximum Gasteiger partial charge on any atom is 0.175 e. The van der Waals surface area contributed by atoms with Gasteiger partial charge in [0.15, 0.2) is 9.84 Å². The van der Waals surface area contributed by atoms with Crippen LogP contribution in [0, 0.1) is 0 Å². The quantitative estimate of drug-likeness (QED) is 0.768. The summed E-state index contributed by atoms with van der Waals surface area (Å²) in [7, 11) is -3.12. The minimum atomic E-state index is -3.12. The van der Waals surface area contributed by atoms with E-state index in [2.05, 4.69) is 22.2 Å². The normalized spacial score (nSPS) is 13.2. The number of aromatic amines is 1. The number of imidazole rings is 1. The van der Waals surface area contributed by atoms with Crippen LogP contribution in [0.25, 0.3) is 0 Å². The third-order valence-corrected chi connectivity index (χ3v) is 4.53. The molecule has 2 N–H and O–H groups in total. The Morgan fingerprint density at radius 1 is 1.29 bits per heavy atom. The fourth-order valence-corrected chi connectivity index (χ4v) is 2.76. The van der Waals surface area contributed by atoms with E-state index in [9.17, 15) is 8.42 Å². The van der Waals surface area contributed by atoms with Crippen LogP contribution in [0.1, 0.15) is 30.8 Å². The molecule has 1 aromatic carbocycles. The van der Waals surface area contributed by atoms with Crippen LogP contribution in [0.4, 0.5) is 0 Å². The molecule has 1 aromatic heterocycles. The van der Waals surface area contributed by atoms with Crippen molar-refractivity contribution in [1.82, 2.24) is 15.3 Å². The summed E-state index contributed by atoms with van der Waals surface area (Å²) in [5, 5.41) is 3.43. The molecule has 1 heterocycles. The molecule has 0 aliphatic carbocycles. The summed E-state index contributed by atoms with van der Waals surface area (Å²) in [5.41, 5.74) is 1.08. The molecule has 0 aliphatic rings. The highest BCUT2D eigenvalue weighted by Crippen LogP contribution is 2.16. The molecule has 0 saturated carbocycles. The Balaban J connectivity index is 1.81. The first-order chi connectivity index (χ1) is 9.97. The highest BCUT2D eigenvalue weighted by molar-refractivity contribution is 7.90.